The van der Waals surface area contributed by atoms with Gasteiger partial charge in [0.1, 0.15) is 5.75 Å². The van der Waals surface area contributed by atoms with E-state index in [1.807, 2.05) is 19.2 Å². The topological polar surface area (TPSA) is 48.9 Å². The smallest absolute Gasteiger partial charge is 0.191 e. The maximum atomic E-state index is 5.30. The van der Waals surface area contributed by atoms with Gasteiger partial charge in [-0.3, -0.25) is 9.89 Å². The molecular formula is C20H32N4OS. The first kappa shape index (κ1) is 19.4. The number of ether oxygens (including phenoxy) is 1. The predicted octanol–water partition coefficient (Wildman–Crippen LogP) is 2.72. The molecule has 1 saturated heterocycles. The highest BCUT2D eigenvalue weighted by Crippen LogP contribution is 2.36. The van der Waals surface area contributed by atoms with Crippen LogP contribution >= 0.6 is 11.8 Å². The van der Waals surface area contributed by atoms with Crippen molar-refractivity contribution >= 4 is 17.7 Å². The summed E-state index contributed by atoms with van der Waals surface area (Å²) in [5.74, 6) is 4.31. The molecule has 0 atom stereocenters. The zero-order valence-electron chi connectivity index (χ0n) is 16.1. The summed E-state index contributed by atoms with van der Waals surface area (Å²) in [6.07, 6.45) is 5.30. The summed E-state index contributed by atoms with van der Waals surface area (Å²) in [7, 11) is 3.55. The average Bonchev–Trinajstić information content (AvgIpc) is 3.19. The third-order valence-electron chi connectivity index (χ3n) is 5.62. The van der Waals surface area contributed by atoms with Crippen LogP contribution in [0.3, 0.4) is 0 Å². The maximum Gasteiger partial charge on any atom is 0.191 e. The molecule has 0 aromatic heterocycles. The molecule has 0 unspecified atom stereocenters. The van der Waals surface area contributed by atoms with E-state index in [2.05, 4.69) is 44.4 Å². The molecule has 2 N–H and O–H groups in total. The number of guanidine groups is 1. The first-order chi connectivity index (χ1) is 12.8. The van der Waals surface area contributed by atoms with Gasteiger partial charge in [0, 0.05) is 50.3 Å². The van der Waals surface area contributed by atoms with Gasteiger partial charge in [0.2, 0.25) is 0 Å². The second kappa shape index (κ2) is 9.51. The van der Waals surface area contributed by atoms with Crippen molar-refractivity contribution in [1.29, 1.82) is 0 Å². The van der Waals surface area contributed by atoms with Crippen LogP contribution in [0.1, 0.15) is 31.2 Å². The minimum atomic E-state index is 0.314. The van der Waals surface area contributed by atoms with E-state index >= 15 is 0 Å². The molecule has 0 spiro atoms. The monoisotopic (exact) mass is 376 g/mol. The molecular weight excluding hydrogens is 344 g/mol. The number of rotatable bonds is 6. The zero-order chi connectivity index (χ0) is 18.2. The molecule has 1 heterocycles. The maximum absolute atomic E-state index is 5.30. The van der Waals surface area contributed by atoms with Gasteiger partial charge in [0.05, 0.1) is 7.11 Å². The fraction of sp³-hybridized carbons (Fsp3) is 0.650. The summed E-state index contributed by atoms with van der Waals surface area (Å²) >= 11 is 2.09. The molecule has 3 rings (SSSR count). The normalized spacial score (nSPS) is 20.8. The Bertz CT molecular complexity index is 595. The molecule has 26 heavy (non-hydrogen) atoms. The van der Waals surface area contributed by atoms with Crippen molar-refractivity contribution in [2.45, 2.75) is 37.8 Å². The molecule has 1 aromatic rings. The minimum absolute atomic E-state index is 0.314. The molecule has 1 aliphatic heterocycles. The fourth-order valence-corrected chi connectivity index (χ4v) is 5.02. The molecule has 5 nitrogen and oxygen atoms in total. The van der Waals surface area contributed by atoms with Gasteiger partial charge in [-0.2, -0.15) is 11.8 Å². The average molecular weight is 377 g/mol. The predicted molar refractivity (Wildman–Crippen MR) is 111 cm³/mol. The molecule has 6 heteroatoms. The van der Waals surface area contributed by atoms with Crippen molar-refractivity contribution in [3.05, 3.63) is 29.8 Å². The molecule has 1 aliphatic carbocycles. The number of methoxy groups -OCH3 is 1. The van der Waals surface area contributed by atoms with E-state index in [-0.39, 0.29) is 0 Å². The molecule has 1 saturated carbocycles. The van der Waals surface area contributed by atoms with Crippen LogP contribution in [0.15, 0.2) is 29.3 Å². The minimum Gasteiger partial charge on any atom is -0.497 e. The summed E-state index contributed by atoms with van der Waals surface area (Å²) in [5, 5.41) is 7.05. The van der Waals surface area contributed by atoms with E-state index in [0.29, 0.717) is 5.54 Å². The number of aliphatic imine (C=N–C) groups is 1. The zero-order valence-corrected chi connectivity index (χ0v) is 16.9. The lowest BCUT2D eigenvalue weighted by Gasteiger charge is -2.43. The summed E-state index contributed by atoms with van der Waals surface area (Å²) in [4.78, 5) is 7.16. The van der Waals surface area contributed by atoms with E-state index in [1.54, 1.807) is 7.11 Å². The second-order valence-corrected chi connectivity index (χ2v) is 8.39. The first-order valence-corrected chi connectivity index (χ1v) is 10.8. The lowest BCUT2D eigenvalue weighted by atomic mass is 9.94. The van der Waals surface area contributed by atoms with E-state index in [0.717, 1.165) is 24.8 Å². The summed E-state index contributed by atoms with van der Waals surface area (Å²) in [5.41, 5.74) is 1.50. The van der Waals surface area contributed by atoms with Crippen molar-refractivity contribution in [3.63, 3.8) is 0 Å². The molecule has 2 aliphatic rings. The van der Waals surface area contributed by atoms with Crippen molar-refractivity contribution in [1.82, 2.24) is 15.5 Å². The number of nitrogens with zero attached hydrogens (tertiary/aromatic N) is 2. The summed E-state index contributed by atoms with van der Waals surface area (Å²) in [6.45, 7) is 4.17. The lowest BCUT2D eigenvalue weighted by Crippen LogP contribution is -2.57. The molecule has 1 aromatic carbocycles. The highest BCUT2D eigenvalue weighted by Gasteiger charge is 2.39. The molecule has 144 valence electrons. The number of benzene rings is 1. The molecule has 0 radical (unpaired) electrons. The summed E-state index contributed by atoms with van der Waals surface area (Å²) in [6, 6.07) is 8.15. The molecule has 0 bridgehead atoms. The Balaban J connectivity index is 1.55. The molecule has 2 fully saturated rings. The lowest BCUT2D eigenvalue weighted by molar-refractivity contribution is 0.107. The Morgan fingerprint density at radius 3 is 2.69 bits per heavy atom. The van der Waals surface area contributed by atoms with Gasteiger partial charge >= 0.3 is 0 Å². The SMILES string of the molecule is CN=C(NCc1cccc(OC)c1)NCC1(N2CCSCC2)CCCC1. The fourth-order valence-electron chi connectivity index (χ4n) is 4.11. The van der Waals surface area contributed by atoms with E-state index in [1.165, 1.54) is 55.8 Å². The van der Waals surface area contributed by atoms with Crippen LogP contribution in [0.4, 0.5) is 0 Å². The van der Waals surface area contributed by atoms with Crippen molar-refractivity contribution < 1.29 is 4.74 Å². The summed E-state index contributed by atoms with van der Waals surface area (Å²) < 4.78 is 5.30. The van der Waals surface area contributed by atoms with Crippen molar-refractivity contribution in [2.24, 2.45) is 4.99 Å². The van der Waals surface area contributed by atoms with E-state index < -0.39 is 0 Å². The van der Waals surface area contributed by atoms with Crippen LogP contribution in [-0.2, 0) is 6.54 Å². The Morgan fingerprint density at radius 1 is 1.23 bits per heavy atom. The van der Waals surface area contributed by atoms with Crippen LogP contribution in [-0.4, -0.2) is 61.7 Å². The highest BCUT2D eigenvalue weighted by atomic mass is 32.2. The van der Waals surface area contributed by atoms with Gasteiger partial charge in [-0.25, -0.2) is 0 Å². The Kier molecular flexibility index (Phi) is 7.08. The second-order valence-electron chi connectivity index (χ2n) is 7.16. The van der Waals surface area contributed by atoms with Gasteiger partial charge in [-0.05, 0) is 30.5 Å². The van der Waals surface area contributed by atoms with Gasteiger partial charge in [0.15, 0.2) is 5.96 Å². The van der Waals surface area contributed by atoms with Crippen molar-refractivity contribution in [3.8, 4) is 5.75 Å². The number of hydrogen-bond acceptors (Lipinski definition) is 4. The van der Waals surface area contributed by atoms with E-state index in [9.17, 15) is 0 Å². The quantitative estimate of drug-likeness (QED) is 0.591. The van der Waals surface area contributed by atoms with Gasteiger partial charge in [0.25, 0.3) is 0 Å². The van der Waals surface area contributed by atoms with Crippen LogP contribution in [0, 0.1) is 0 Å². The van der Waals surface area contributed by atoms with Crippen LogP contribution in [0.25, 0.3) is 0 Å². The third-order valence-corrected chi connectivity index (χ3v) is 6.56. The number of hydrogen-bond donors (Lipinski definition) is 2. The van der Waals surface area contributed by atoms with Crippen LogP contribution in [0.2, 0.25) is 0 Å². The van der Waals surface area contributed by atoms with E-state index in [4.69, 9.17) is 4.74 Å². The third kappa shape index (κ3) is 4.86. The first-order valence-electron chi connectivity index (χ1n) is 9.66. The van der Waals surface area contributed by atoms with Gasteiger partial charge in [-0.15, -0.1) is 0 Å². The standard InChI is InChI=1S/C20H32N4OS/c1-21-19(22-15-17-6-5-7-18(14-17)25-2)23-16-20(8-3-4-9-20)24-10-12-26-13-11-24/h5-7,14H,3-4,8-13,15-16H2,1-2H3,(H2,21,22,23). The highest BCUT2D eigenvalue weighted by molar-refractivity contribution is 7.99. The van der Waals surface area contributed by atoms with Crippen molar-refractivity contribution in [2.75, 3.05) is 45.3 Å². The van der Waals surface area contributed by atoms with Crippen LogP contribution < -0.4 is 15.4 Å². The Labute approximate surface area is 162 Å². The number of nitrogens with one attached hydrogen (secondary N) is 2. The van der Waals surface area contributed by atoms with Gasteiger partial charge in [-0.1, -0.05) is 25.0 Å². The Hall–Kier alpha value is -1.40. The number of thioether (sulfide) groups is 1. The largest absolute Gasteiger partial charge is 0.497 e. The molecule has 0 amide bonds. The van der Waals surface area contributed by atoms with Crippen LogP contribution in [0.5, 0.6) is 5.75 Å². The Morgan fingerprint density at radius 2 is 2.00 bits per heavy atom. The van der Waals surface area contributed by atoms with Gasteiger partial charge < -0.3 is 15.4 Å².